The Bertz CT molecular complexity index is 213. The van der Waals surface area contributed by atoms with E-state index in [1.807, 2.05) is 0 Å². The van der Waals surface area contributed by atoms with Crippen LogP contribution in [0.3, 0.4) is 0 Å². The van der Waals surface area contributed by atoms with Crippen molar-refractivity contribution in [3.05, 3.63) is 0 Å². The molecule has 1 aliphatic rings. The van der Waals surface area contributed by atoms with Gasteiger partial charge in [0.25, 0.3) is 0 Å². The molecular formula is C13H25NO3. The molecule has 100 valence electrons. The maximum atomic E-state index is 10.9. The Morgan fingerprint density at radius 3 is 2.59 bits per heavy atom. The van der Waals surface area contributed by atoms with Crippen LogP contribution in [0.15, 0.2) is 0 Å². The van der Waals surface area contributed by atoms with Gasteiger partial charge in [-0.05, 0) is 38.6 Å². The zero-order valence-electron chi connectivity index (χ0n) is 11.0. The van der Waals surface area contributed by atoms with Crippen molar-refractivity contribution in [3.63, 3.8) is 0 Å². The lowest BCUT2D eigenvalue weighted by Crippen LogP contribution is -2.35. The molecule has 4 heteroatoms. The average Bonchev–Trinajstić information content (AvgIpc) is 2.36. The molecule has 0 aromatic rings. The first kappa shape index (κ1) is 14.5. The van der Waals surface area contributed by atoms with Gasteiger partial charge in [-0.2, -0.15) is 0 Å². The van der Waals surface area contributed by atoms with Crippen molar-refractivity contribution in [1.82, 2.24) is 5.32 Å². The molecule has 0 heterocycles. The Balaban J connectivity index is 2.00. The molecule has 17 heavy (non-hydrogen) atoms. The highest BCUT2D eigenvalue weighted by Gasteiger charge is 2.20. The van der Waals surface area contributed by atoms with Gasteiger partial charge in [-0.15, -0.1) is 0 Å². The number of ether oxygens (including phenoxy) is 2. The smallest absolute Gasteiger partial charge is 0.305 e. The lowest BCUT2D eigenvalue weighted by atomic mass is 9.93. The molecule has 0 aromatic carbocycles. The number of methoxy groups -OCH3 is 1. The van der Waals surface area contributed by atoms with Gasteiger partial charge in [-0.25, -0.2) is 0 Å². The summed E-state index contributed by atoms with van der Waals surface area (Å²) in [5.74, 6) is -0.149. The third kappa shape index (κ3) is 6.03. The summed E-state index contributed by atoms with van der Waals surface area (Å²) in [7, 11) is 1.42. The largest absolute Gasteiger partial charge is 0.469 e. The van der Waals surface area contributed by atoms with Crippen LogP contribution in [0.5, 0.6) is 0 Å². The van der Waals surface area contributed by atoms with Crippen molar-refractivity contribution in [1.29, 1.82) is 0 Å². The number of nitrogens with one attached hydrogen (secondary N) is 1. The normalized spacial score (nSPS) is 24.6. The molecule has 1 fully saturated rings. The fourth-order valence-corrected chi connectivity index (χ4v) is 2.29. The van der Waals surface area contributed by atoms with Gasteiger partial charge in [0.1, 0.15) is 0 Å². The van der Waals surface area contributed by atoms with E-state index in [9.17, 15) is 4.79 Å². The van der Waals surface area contributed by atoms with E-state index >= 15 is 0 Å². The van der Waals surface area contributed by atoms with Crippen molar-refractivity contribution in [2.45, 2.75) is 57.6 Å². The van der Waals surface area contributed by atoms with Gasteiger partial charge in [0.2, 0.25) is 0 Å². The third-order valence-electron chi connectivity index (χ3n) is 3.27. The van der Waals surface area contributed by atoms with Crippen molar-refractivity contribution in [3.8, 4) is 0 Å². The van der Waals surface area contributed by atoms with Crippen LogP contribution in [-0.4, -0.2) is 38.4 Å². The minimum atomic E-state index is -0.149. The summed E-state index contributed by atoms with van der Waals surface area (Å²) in [6.45, 7) is 3.87. The predicted molar refractivity (Wildman–Crippen MR) is 66.9 cm³/mol. The van der Waals surface area contributed by atoms with Crippen LogP contribution in [0.1, 0.15) is 45.4 Å². The summed E-state index contributed by atoms with van der Waals surface area (Å²) in [6.07, 6.45) is 6.29. The van der Waals surface area contributed by atoms with Gasteiger partial charge in [0.05, 0.1) is 13.2 Å². The van der Waals surface area contributed by atoms with E-state index in [2.05, 4.69) is 17.0 Å². The Morgan fingerprint density at radius 2 is 2.00 bits per heavy atom. The molecule has 0 bridgehead atoms. The fraction of sp³-hybridized carbons (Fsp3) is 0.923. The van der Waals surface area contributed by atoms with E-state index < -0.39 is 0 Å². The molecule has 0 aromatic heterocycles. The van der Waals surface area contributed by atoms with Crippen LogP contribution in [0, 0.1) is 0 Å². The predicted octanol–water partition coefficient (Wildman–Crippen LogP) is 1.88. The van der Waals surface area contributed by atoms with Crippen molar-refractivity contribution >= 4 is 5.97 Å². The summed E-state index contributed by atoms with van der Waals surface area (Å²) in [4.78, 5) is 10.9. The number of carbonyl (C=O) groups is 1. The van der Waals surface area contributed by atoms with Gasteiger partial charge in [0.15, 0.2) is 0 Å². The average molecular weight is 243 g/mol. The minimum Gasteiger partial charge on any atom is -0.469 e. The monoisotopic (exact) mass is 243 g/mol. The molecule has 0 unspecified atom stereocenters. The zero-order chi connectivity index (χ0) is 12.5. The maximum Gasteiger partial charge on any atom is 0.305 e. The highest BCUT2D eigenvalue weighted by atomic mass is 16.5. The molecule has 1 N–H and O–H groups in total. The summed E-state index contributed by atoms with van der Waals surface area (Å²) >= 11 is 0. The van der Waals surface area contributed by atoms with Crippen LogP contribution in [0.25, 0.3) is 0 Å². The number of rotatable bonds is 7. The fourth-order valence-electron chi connectivity index (χ4n) is 2.29. The molecule has 0 saturated heterocycles. The second-order valence-electron chi connectivity index (χ2n) is 4.58. The first-order chi connectivity index (χ1) is 8.26. The van der Waals surface area contributed by atoms with E-state index in [4.69, 9.17) is 4.74 Å². The Kier molecular flexibility index (Phi) is 7.21. The Hall–Kier alpha value is -0.610. The van der Waals surface area contributed by atoms with Gasteiger partial charge in [-0.3, -0.25) is 4.79 Å². The maximum absolute atomic E-state index is 10.9. The highest BCUT2D eigenvalue weighted by molar-refractivity contribution is 5.68. The molecular weight excluding hydrogens is 218 g/mol. The van der Waals surface area contributed by atoms with Crippen LogP contribution in [0.4, 0.5) is 0 Å². The first-order valence-corrected chi connectivity index (χ1v) is 6.68. The van der Waals surface area contributed by atoms with Crippen molar-refractivity contribution in [2.24, 2.45) is 0 Å². The minimum absolute atomic E-state index is 0.149. The van der Waals surface area contributed by atoms with E-state index in [0.29, 0.717) is 25.2 Å². The molecule has 1 saturated carbocycles. The molecule has 0 aliphatic heterocycles. The number of carbonyl (C=O) groups excluding carboxylic acids is 1. The molecule has 0 atom stereocenters. The van der Waals surface area contributed by atoms with Crippen LogP contribution in [0.2, 0.25) is 0 Å². The van der Waals surface area contributed by atoms with E-state index in [-0.39, 0.29) is 5.97 Å². The van der Waals surface area contributed by atoms with Crippen molar-refractivity contribution in [2.75, 3.05) is 20.3 Å². The number of hydrogen-bond acceptors (Lipinski definition) is 4. The molecule has 0 radical (unpaired) electrons. The van der Waals surface area contributed by atoms with E-state index in [1.165, 1.54) is 20.0 Å². The van der Waals surface area contributed by atoms with Gasteiger partial charge >= 0.3 is 5.97 Å². The standard InChI is InChI=1S/C13H25NO3/c1-3-14-11-6-8-12(9-7-11)17-10-4-5-13(15)16-2/h11-12,14H,3-10H2,1-2H3. The summed E-state index contributed by atoms with van der Waals surface area (Å²) < 4.78 is 10.3. The highest BCUT2D eigenvalue weighted by Crippen LogP contribution is 2.21. The van der Waals surface area contributed by atoms with E-state index in [0.717, 1.165) is 25.8 Å². The number of hydrogen-bond donors (Lipinski definition) is 1. The summed E-state index contributed by atoms with van der Waals surface area (Å²) in [5, 5.41) is 3.48. The third-order valence-corrected chi connectivity index (χ3v) is 3.27. The quantitative estimate of drug-likeness (QED) is 0.548. The lowest BCUT2D eigenvalue weighted by Gasteiger charge is -2.28. The topological polar surface area (TPSA) is 47.6 Å². The SMILES string of the molecule is CCNC1CCC(OCCCC(=O)OC)CC1. The second kappa shape index (κ2) is 8.48. The lowest BCUT2D eigenvalue weighted by molar-refractivity contribution is -0.141. The van der Waals surface area contributed by atoms with Crippen LogP contribution < -0.4 is 5.32 Å². The van der Waals surface area contributed by atoms with Crippen molar-refractivity contribution < 1.29 is 14.3 Å². The number of esters is 1. The van der Waals surface area contributed by atoms with Gasteiger partial charge in [0, 0.05) is 19.1 Å². The van der Waals surface area contributed by atoms with Gasteiger partial charge < -0.3 is 14.8 Å². The molecule has 1 rings (SSSR count). The van der Waals surface area contributed by atoms with Crippen LogP contribution in [-0.2, 0) is 14.3 Å². The Morgan fingerprint density at radius 1 is 1.29 bits per heavy atom. The molecule has 0 amide bonds. The van der Waals surface area contributed by atoms with Gasteiger partial charge in [-0.1, -0.05) is 6.92 Å². The second-order valence-corrected chi connectivity index (χ2v) is 4.58. The molecule has 4 nitrogen and oxygen atoms in total. The Labute approximate surface area is 104 Å². The molecule has 1 aliphatic carbocycles. The summed E-state index contributed by atoms with van der Waals surface area (Å²) in [6, 6.07) is 0.676. The van der Waals surface area contributed by atoms with E-state index in [1.54, 1.807) is 0 Å². The molecule has 0 spiro atoms. The summed E-state index contributed by atoms with van der Waals surface area (Å²) in [5.41, 5.74) is 0. The zero-order valence-corrected chi connectivity index (χ0v) is 11.0. The van der Waals surface area contributed by atoms with Crippen LogP contribution >= 0.6 is 0 Å². The first-order valence-electron chi connectivity index (χ1n) is 6.68.